The number of phenols is 1. The van der Waals surface area contributed by atoms with Gasteiger partial charge in [0.25, 0.3) is 5.91 Å². The number of halogens is 3. The molecule has 5 rings (SSSR count). The molecule has 6 amide bonds. The summed E-state index contributed by atoms with van der Waals surface area (Å²) in [6.07, 6.45) is 3.73. The highest BCUT2D eigenvalue weighted by molar-refractivity contribution is 9.09. The van der Waals surface area contributed by atoms with E-state index in [1.807, 2.05) is 39.8 Å². The number of allylic oxidation sites excluding steroid dienone is 3. The van der Waals surface area contributed by atoms with Crippen LogP contribution in [0.15, 0.2) is 54.1 Å². The van der Waals surface area contributed by atoms with Crippen LogP contribution in [-0.2, 0) is 60.6 Å². The Bertz CT molecular complexity index is 2900. The van der Waals surface area contributed by atoms with Gasteiger partial charge in [-0.1, -0.05) is 113 Å². The second kappa shape index (κ2) is 32.7. The number of likely N-dealkylation sites (N-methyl/N-ethyl adjacent to an activating group) is 1. The van der Waals surface area contributed by atoms with Crippen LogP contribution in [0.4, 0.5) is 15.3 Å². The average Bonchev–Trinajstić information content (AvgIpc) is 1.65. The van der Waals surface area contributed by atoms with Crippen LogP contribution in [-0.4, -0.2) is 155 Å². The van der Waals surface area contributed by atoms with Gasteiger partial charge < -0.3 is 55.3 Å². The second-order valence-corrected chi connectivity index (χ2v) is 25.6. The van der Waals surface area contributed by atoms with E-state index in [4.69, 9.17) is 36.3 Å². The van der Waals surface area contributed by atoms with E-state index >= 15 is 0 Å². The summed E-state index contributed by atoms with van der Waals surface area (Å²) in [5.74, 6) is -5.19. The Morgan fingerprint density at radius 1 is 0.989 bits per heavy atom. The molecule has 2 fully saturated rings. The number of hydrogen-bond donors (Lipinski definition) is 6. The number of methoxy groups -OCH3 is 1. The number of hydrogen-bond acceptors (Lipinski definition) is 15. The molecule has 21 nitrogen and oxygen atoms in total. The van der Waals surface area contributed by atoms with E-state index < -0.39 is 113 Å². The molecule has 10 atom stereocenters. The number of aromatic hydroxyl groups is 1. The van der Waals surface area contributed by atoms with Gasteiger partial charge >= 0.3 is 18.1 Å². The minimum absolute atomic E-state index is 0.0419. The van der Waals surface area contributed by atoms with Gasteiger partial charge in [0.15, 0.2) is 11.5 Å². The number of rotatable bonds is 27. The third-order valence-corrected chi connectivity index (χ3v) is 18.9. The molecule has 0 aliphatic carbocycles. The number of fused-ring (bicyclic) bond motifs is 5. The van der Waals surface area contributed by atoms with Crippen LogP contribution in [0.25, 0.3) is 0 Å². The number of alkyl halides is 2. The Morgan fingerprint density at radius 2 is 1.67 bits per heavy atom. The quantitative estimate of drug-likeness (QED) is 0.0212. The summed E-state index contributed by atoms with van der Waals surface area (Å²) in [5, 5.41) is 32.6. The number of epoxide rings is 1. The third kappa shape index (κ3) is 19.6. The minimum atomic E-state index is -1.90. The molecular weight excluding hydrogens is 1280 g/mol. The molecule has 2 aromatic carbocycles. The van der Waals surface area contributed by atoms with Gasteiger partial charge in [0.1, 0.15) is 47.3 Å². The number of esters is 1. The minimum Gasteiger partial charge on any atom is -0.508 e. The Hall–Kier alpha value is -5.72. The molecule has 2 saturated heterocycles. The van der Waals surface area contributed by atoms with Crippen LogP contribution in [0.3, 0.4) is 0 Å². The Kier molecular flexibility index (Phi) is 27.0. The zero-order valence-corrected chi connectivity index (χ0v) is 55.4. The van der Waals surface area contributed by atoms with Crippen LogP contribution < -0.4 is 26.6 Å². The number of anilines is 1. The topological polar surface area (TPSA) is 303 Å². The highest BCUT2D eigenvalue weighted by Crippen LogP contribution is 2.49. The van der Waals surface area contributed by atoms with Crippen LogP contribution in [0.2, 0.25) is 5.02 Å². The van der Waals surface area contributed by atoms with E-state index in [1.54, 1.807) is 39.1 Å². The van der Waals surface area contributed by atoms with Gasteiger partial charge in [-0.2, -0.15) is 0 Å². The highest BCUT2D eigenvalue weighted by atomic mass is 79.9. The van der Waals surface area contributed by atoms with Gasteiger partial charge in [-0.15, -0.1) is 0 Å². The number of phenolic OH excluding ortho intramolecular Hbond substituents is 1. The first-order valence-corrected chi connectivity index (χ1v) is 32.2. The molecule has 0 unspecified atom stereocenters. The van der Waals surface area contributed by atoms with Crippen molar-refractivity contribution in [3.05, 3.63) is 81.4 Å². The van der Waals surface area contributed by atoms with Crippen molar-refractivity contribution in [2.45, 2.75) is 180 Å². The molecule has 87 heavy (non-hydrogen) atoms. The molecule has 3 aliphatic rings. The largest absolute Gasteiger partial charge is 0.508 e. The summed E-state index contributed by atoms with van der Waals surface area (Å²) in [7, 11) is 4.32. The van der Waals surface area contributed by atoms with E-state index in [2.05, 4.69) is 47.8 Å². The average molecular weight is 1360 g/mol. The van der Waals surface area contributed by atoms with Gasteiger partial charge in [0.2, 0.25) is 11.8 Å². The maximum atomic E-state index is 14.5. The summed E-state index contributed by atoms with van der Waals surface area (Å²) in [6, 6.07) is 4.47. The number of nitrogens with one attached hydrogen (secondary N) is 3. The molecule has 0 saturated carbocycles. The van der Waals surface area contributed by atoms with E-state index in [0.29, 0.717) is 46.2 Å². The maximum Gasteiger partial charge on any atom is 0.409 e. The van der Waals surface area contributed by atoms with Crippen molar-refractivity contribution in [3.8, 4) is 5.75 Å². The summed E-state index contributed by atoms with van der Waals surface area (Å²) < 4.78 is 23.9. The van der Waals surface area contributed by atoms with Crippen molar-refractivity contribution in [3.63, 3.8) is 0 Å². The fourth-order valence-electron chi connectivity index (χ4n) is 11.1. The van der Waals surface area contributed by atoms with Gasteiger partial charge in [-0.05, 0) is 95.0 Å². The lowest BCUT2D eigenvalue weighted by molar-refractivity contribution is -0.158. The smallest absolute Gasteiger partial charge is 0.409 e. The number of nitrogens with zero attached hydrogens (tertiary/aromatic N) is 2. The summed E-state index contributed by atoms with van der Waals surface area (Å²) in [5.41, 5.74) is 4.96. The number of aryl methyl sites for hydroxylation is 1. The molecule has 24 heteroatoms. The number of ether oxygens (including phenoxy) is 4. The lowest BCUT2D eigenvalue weighted by Crippen LogP contribution is -2.63. The van der Waals surface area contributed by atoms with Crippen LogP contribution in [0.5, 0.6) is 5.75 Å². The molecule has 0 spiro atoms. The van der Waals surface area contributed by atoms with Crippen molar-refractivity contribution in [1.82, 2.24) is 20.9 Å². The van der Waals surface area contributed by atoms with Crippen molar-refractivity contribution in [1.29, 1.82) is 0 Å². The summed E-state index contributed by atoms with van der Waals surface area (Å²) in [6.45, 7) is 12.3. The second-order valence-electron chi connectivity index (χ2n) is 23.9. The molecule has 2 aromatic rings. The number of amides is 6. The van der Waals surface area contributed by atoms with Crippen molar-refractivity contribution >= 4 is 102 Å². The number of benzene rings is 2. The molecule has 7 N–H and O–H groups in total. The van der Waals surface area contributed by atoms with Crippen LogP contribution >= 0.6 is 43.5 Å². The van der Waals surface area contributed by atoms with E-state index in [9.17, 15) is 53.4 Å². The van der Waals surface area contributed by atoms with E-state index in [-0.39, 0.29) is 79.6 Å². The molecule has 4 bridgehead atoms. The van der Waals surface area contributed by atoms with Gasteiger partial charge in [0, 0.05) is 99.4 Å². The van der Waals surface area contributed by atoms with Gasteiger partial charge in [0.05, 0.1) is 29.3 Å². The zero-order valence-electron chi connectivity index (χ0n) is 51.5. The van der Waals surface area contributed by atoms with E-state index in [1.165, 1.54) is 38.1 Å². The summed E-state index contributed by atoms with van der Waals surface area (Å²) >= 11 is 13.6. The molecule has 0 radical (unpaired) electrons. The molecule has 3 aliphatic heterocycles. The first-order chi connectivity index (χ1) is 41.0. The number of aliphatic hydroxyl groups is 1. The number of alkyl carbamates (subject to hydrolysis) is 1. The van der Waals surface area contributed by atoms with Crippen LogP contribution in [0, 0.1) is 30.6 Å². The van der Waals surface area contributed by atoms with Crippen molar-refractivity contribution in [2.75, 3.05) is 43.3 Å². The Labute approximate surface area is 532 Å². The number of carbonyl (C=O) groups is 9. The fourth-order valence-corrected chi connectivity index (χ4v) is 13.1. The van der Waals surface area contributed by atoms with Crippen molar-refractivity contribution in [2.24, 2.45) is 29.4 Å². The summed E-state index contributed by atoms with van der Waals surface area (Å²) in [4.78, 5) is 124. The first-order valence-electron chi connectivity index (χ1n) is 29.6. The lowest BCUT2D eigenvalue weighted by atomic mass is 9.83. The molecule has 3 heterocycles. The maximum absolute atomic E-state index is 14.5. The zero-order chi connectivity index (χ0) is 64.7. The van der Waals surface area contributed by atoms with E-state index in [0.717, 1.165) is 41.4 Å². The molecule has 0 aromatic heterocycles. The number of carbonyl (C=O) groups excluding carboxylic acids is 9. The number of ketones is 3. The lowest BCUT2D eigenvalue weighted by Gasteiger charge is -2.42. The number of unbranched alkanes of at least 4 members (excludes halogenated alkanes) is 3. The normalized spacial score (nSPS) is 24.3. The Morgan fingerprint density at radius 3 is 2.30 bits per heavy atom. The highest BCUT2D eigenvalue weighted by Gasteiger charge is 2.64. The standard InChI is InChI=1S/C63H87Br2ClN6O15/c1-35(2)45(30-44(73)18-13-11-12-14-20-48(74)43(33-64)34-65)57(78)69-46(19-16-24-68-60(67)81)50(76)28-41-22-23-42(29-49(41)75)58(79)71(8)39(6)59(80)86-53-31-54(77)72(9)47-27-40(26-37(4)55(47)66)25-36(3)17-15-21-52(84-10)63(83)32-51(85-61(82)70-63)38(5)56-62(53,7)87-56/h15,17,21-23,26-27,29,35,38-39,43,45-46,51-53,56,75,83H,11-14,16,18-20,24-25,28,30-34H2,1-10H3,(H,69,78)(H,70,82)(H3,67,68,81)/b21-15+,36-17+/t38-,39+,45+,46+,51+,52-,53+,56+,62+,63+/m1/s1. The number of Topliss-reactive ketones (excluding diaryl/α,β-unsaturated/α-hetero) is 3. The SMILES string of the molecule is CO[C@@H]1/C=C/C=C(\C)Cc2cc(C)c(Cl)c(c2)N(C)C(=O)C[C@H](OC(=O)[C@H](C)N(C)C(=O)c2ccc(CC(=O)[C@H](CCCNC(N)=O)NC(=O)[C@@H](CC(=O)CCCCCCC(=O)C(CBr)CBr)C(C)C)c(O)c2)[C@]2(C)O[C@H]2[C@H](C)[C@@H]2C[C@@]1(O)NC(=O)O2. The monoisotopic (exact) mass is 1360 g/mol. The first kappa shape index (κ1) is 72.0. The Balaban J connectivity index is 1.31. The third-order valence-electron chi connectivity index (χ3n) is 16.9. The molecular formula is C63H87Br2ClN6O15. The van der Waals surface area contributed by atoms with Crippen molar-refractivity contribution < 1.29 is 72.3 Å². The molecule has 480 valence electrons. The fraction of sp³-hybridized carbons (Fsp3) is 0.603. The van der Waals surface area contributed by atoms with Gasteiger partial charge in [-0.3, -0.25) is 34.1 Å². The number of nitrogens with two attached hydrogens (primary N) is 1. The predicted molar refractivity (Wildman–Crippen MR) is 336 cm³/mol. The predicted octanol–water partition coefficient (Wildman–Crippen LogP) is 8.43. The number of urea groups is 1. The van der Waals surface area contributed by atoms with Gasteiger partial charge in [-0.25, -0.2) is 14.4 Å². The van der Waals surface area contributed by atoms with Crippen LogP contribution in [0.1, 0.15) is 139 Å². The number of primary amides is 1.